The summed E-state index contributed by atoms with van der Waals surface area (Å²) < 4.78 is 58.5. The fourth-order valence-corrected chi connectivity index (χ4v) is 4.01. The summed E-state index contributed by atoms with van der Waals surface area (Å²) in [7, 11) is 0. The highest BCUT2D eigenvalue weighted by Gasteiger charge is 2.38. The molecule has 0 saturated carbocycles. The number of piperidine rings is 1. The first kappa shape index (κ1) is 23.1. The van der Waals surface area contributed by atoms with E-state index >= 15 is 0 Å². The van der Waals surface area contributed by atoms with Crippen molar-refractivity contribution in [3.05, 3.63) is 65.5 Å². The van der Waals surface area contributed by atoms with Crippen LogP contribution in [0, 0.1) is 0 Å². The van der Waals surface area contributed by atoms with Crippen LogP contribution in [0.2, 0.25) is 0 Å². The molecule has 1 fully saturated rings. The van der Waals surface area contributed by atoms with E-state index in [2.05, 4.69) is 38.3 Å². The largest absolute Gasteiger partial charge is 0.491 e. The van der Waals surface area contributed by atoms with Crippen LogP contribution in [0.3, 0.4) is 0 Å². The predicted molar refractivity (Wildman–Crippen MR) is 113 cm³/mol. The Labute approximate surface area is 188 Å². The van der Waals surface area contributed by atoms with E-state index < -0.39 is 18.7 Å². The second-order valence-corrected chi connectivity index (χ2v) is 7.76. The summed E-state index contributed by atoms with van der Waals surface area (Å²) in [5.74, 6) is -1.00. The zero-order valence-electron chi connectivity index (χ0n) is 17.7. The lowest BCUT2D eigenvalue weighted by molar-refractivity contribution is -0.146. The molecule has 1 saturated heterocycles. The summed E-state index contributed by atoms with van der Waals surface area (Å²) >= 11 is 0. The van der Waals surface area contributed by atoms with E-state index in [4.69, 9.17) is 4.74 Å². The Morgan fingerprint density at radius 2 is 1.97 bits per heavy atom. The number of hydrogen-bond donors (Lipinski definition) is 2. The Kier molecular flexibility index (Phi) is 7.19. The summed E-state index contributed by atoms with van der Waals surface area (Å²) in [5.41, 5.74) is 1.92. The lowest BCUT2D eigenvalue weighted by Gasteiger charge is -2.34. The summed E-state index contributed by atoms with van der Waals surface area (Å²) in [6.45, 7) is 0.358. The lowest BCUT2D eigenvalue weighted by atomic mass is 9.92. The van der Waals surface area contributed by atoms with Gasteiger partial charge in [0.05, 0.1) is 5.69 Å². The molecule has 2 heterocycles. The standard InChI is InChI=1S/C22H24F4N6O/c23-8-10-33-18-12-15(11-17(13-18)32-21(22(24,25)26)29-30-31-32)14-28-19-7-4-9-27-20(19)16-5-2-1-3-6-16/h1-3,5-6,11-13,19-20,27-28H,4,7-10,14H2/t19-,20-/m0/s1. The van der Waals surface area contributed by atoms with Gasteiger partial charge in [0.15, 0.2) is 0 Å². The van der Waals surface area contributed by atoms with Gasteiger partial charge < -0.3 is 15.4 Å². The zero-order valence-corrected chi connectivity index (χ0v) is 17.7. The van der Waals surface area contributed by atoms with Crippen LogP contribution in [0.25, 0.3) is 5.69 Å². The van der Waals surface area contributed by atoms with E-state index in [1.165, 1.54) is 11.6 Å². The molecule has 2 aromatic carbocycles. The molecule has 33 heavy (non-hydrogen) atoms. The van der Waals surface area contributed by atoms with E-state index in [0.717, 1.165) is 19.4 Å². The number of nitrogens with one attached hydrogen (secondary N) is 2. The Morgan fingerprint density at radius 1 is 1.15 bits per heavy atom. The van der Waals surface area contributed by atoms with Crippen molar-refractivity contribution in [2.45, 2.75) is 37.6 Å². The molecule has 0 amide bonds. The molecule has 11 heteroatoms. The van der Waals surface area contributed by atoms with Crippen molar-refractivity contribution in [1.82, 2.24) is 30.8 Å². The molecule has 0 unspecified atom stereocenters. The molecule has 3 aromatic rings. The normalized spacial score (nSPS) is 18.9. The summed E-state index contributed by atoms with van der Waals surface area (Å²) in [6.07, 6.45) is -2.78. The highest BCUT2D eigenvalue weighted by molar-refractivity contribution is 5.43. The van der Waals surface area contributed by atoms with Gasteiger partial charge in [0.2, 0.25) is 0 Å². The monoisotopic (exact) mass is 464 g/mol. The minimum atomic E-state index is -4.73. The molecule has 4 rings (SSSR count). The van der Waals surface area contributed by atoms with E-state index in [1.54, 1.807) is 12.1 Å². The molecule has 0 radical (unpaired) electrons. The second kappa shape index (κ2) is 10.3. The Balaban J connectivity index is 1.58. The van der Waals surface area contributed by atoms with Gasteiger partial charge in [-0.3, -0.25) is 0 Å². The van der Waals surface area contributed by atoms with Gasteiger partial charge in [-0.15, -0.1) is 5.10 Å². The summed E-state index contributed by atoms with van der Waals surface area (Å²) in [4.78, 5) is 0. The topological polar surface area (TPSA) is 76.9 Å². The molecule has 0 spiro atoms. The van der Waals surface area contributed by atoms with E-state index in [1.807, 2.05) is 18.2 Å². The lowest BCUT2D eigenvalue weighted by Crippen LogP contribution is -2.45. The third kappa shape index (κ3) is 5.66. The van der Waals surface area contributed by atoms with Crippen LogP contribution in [0.4, 0.5) is 17.6 Å². The number of rotatable bonds is 8. The SMILES string of the molecule is FCCOc1cc(CN[C@H]2CCCN[C@H]2c2ccccc2)cc(-n2nnnc2C(F)(F)F)c1. The molecule has 176 valence electrons. The maximum Gasteiger partial charge on any atom is 0.453 e. The number of alkyl halides is 4. The minimum absolute atomic E-state index is 0.0851. The zero-order chi connectivity index (χ0) is 23.3. The average Bonchev–Trinajstić information content (AvgIpc) is 3.33. The molecular weight excluding hydrogens is 440 g/mol. The van der Waals surface area contributed by atoms with E-state index in [9.17, 15) is 17.6 Å². The van der Waals surface area contributed by atoms with Crippen LogP contribution in [0.15, 0.2) is 48.5 Å². The predicted octanol–water partition coefficient (Wildman–Crippen LogP) is 3.61. The fourth-order valence-electron chi connectivity index (χ4n) is 4.01. The number of ether oxygens (including phenoxy) is 1. The smallest absolute Gasteiger partial charge is 0.453 e. The number of benzene rings is 2. The van der Waals surface area contributed by atoms with Crippen molar-refractivity contribution in [1.29, 1.82) is 0 Å². The Hall–Kier alpha value is -3.05. The van der Waals surface area contributed by atoms with Gasteiger partial charge in [0.1, 0.15) is 19.0 Å². The molecule has 1 aliphatic heterocycles. The maximum absolute atomic E-state index is 13.3. The van der Waals surface area contributed by atoms with Crippen molar-refractivity contribution < 1.29 is 22.3 Å². The van der Waals surface area contributed by atoms with Crippen molar-refractivity contribution >= 4 is 0 Å². The minimum Gasteiger partial charge on any atom is -0.491 e. The molecule has 2 N–H and O–H groups in total. The van der Waals surface area contributed by atoms with Crippen LogP contribution in [-0.4, -0.2) is 46.1 Å². The summed E-state index contributed by atoms with van der Waals surface area (Å²) in [6, 6.07) is 14.9. The molecular formula is C22H24F4N6O. The first-order valence-corrected chi connectivity index (χ1v) is 10.7. The summed E-state index contributed by atoms with van der Waals surface area (Å²) in [5, 5.41) is 16.8. The number of halogens is 4. The van der Waals surface area contributed by atoms with Gasteiger partial charge in [0.25, 0.3) is 5.82 Å². The van der Waals surface area contributed by atoms with Crippen LogP contribution >= 0.6 is 0 Å². The van der Waals surface area contributed by atoms with Crippen molar-refractivity contribution in [3.8, 4) is 11.4 Å². The fraction of sp³-hybridized carbons (Fsp3) is 0.409. The average molecular weight is 464 g/mol. The van der Waals surface area contributed by atoms with Gasteiger partial charge in [-0.2, -0.15) is 17.9 Å². The van der Waals surface area contributed by atoms with Gasteiger partial charge in [-0.25, -0.2) is 4.39 Å². The molecule has 1 aliphatic rings. The second-order valence-electron chi connectivity index (χ2n) is 7.76. The highest BCUT2D eigenvalue weighted by atomic mass is 19.4. The van der Waals surface area contributed by atoms with E-state index in [-0.39, 0.29) is 30.1 Å². The number of tetrazole rings is 1. The Morgan fingerprint density at radius 3 is 2.73 bits per heavy atom. The van der Waals surface area contributed by atoms with Crippen molar-refractivity contribution in [2.75, 3.05) is 19.8 Å². The van der Waals surface area contributed by atoms with Crippen LogP contribution in [0.5, 0.6) is 5.75 Å². The van der Waals surface area contributed by atoms with Crippen molar-refractivity contribution in [2.24, 2.45) is 0 Å². The number of aromatic nitrogens is 4. The van der Waals surface area contributed by atoms with Crippen LogP contribution in [-0.2, 0) is 12.7 Å². The van der Waals surface area contributed by atoms with Crippen LogP contribution < -0.4 is 15.4 Å². The van der Waals surface area contributed by atoms with Gasteiger partial charge >= 0.3 is 6.18 Å². The molecule has 1 aromatic heterocycles. The van der Waals surface area contributed by atoms with Gasteiger partial charge in [-0.1, -0.05) is 30.3 Å². The molecule has 7 nitrogen and oxygen atoms in total. The third-order valence-corrected chi connectivity index (χ3v) is 5.45. The number of nitrogens with zero attached hydrogens (tertiary/aromatic N) is 4. The van der Waals surface area contributed by atoms with E-state index in [0.29, 0.717) is 16.8 Å². The van der Waals surface area contributed by atoms with Gasteiger partial charge in [-0.05, 0) is 53.1 Å². The quantitative estimate of drug-likeness (QED) is 0.496. The maximum atomic E-state index is 13.3. The number of hydrogen-bond acceptors (Lipinski definition) is 6. The molecule has 0 bridgehead atoms. The Bertz CT molecular complexity index is 1040. The first-order chi connectivity index (χ1) is 16.0. The third-order valence-electron chi connectivity index (χ3n) is 5.45. The van der Waals surface area contributed by atoms with Crippen molar-refractivity contribution in [3.63, 3.8) is 0 Å². The van der Waals surface area contributed by atoms with Crippen LogP contribution in [0.1, 0.15) is 35.8 Å². The molecule has 0 aliphatic carbocycles. The highest BCUT2D eigenvalue weighted by Crippen LogP contribution is 2.30. The first-order valence-electron chi connectivity index (χ1n) is 10.7. The van der Waals surface area contributed by atoms with Gasteiger partial charge in [0, 0.05) is 24.7 Å². The molecule has 2 atom stereocenters.